The molecule has 3 heterocycles. The number of nitrogens with one attached hydrogen (secondary N) is 3. The van der Waals surface area contributed by atoms with Gasteiger partial charge in [0.2, 0.25) is 5.91 Å². The van der Waals surface area contributed by atoms with Gasteiger partial charge in [-0.05, 0) is 36.4 Å². The minimum absolute atomic E-state index is 0.0585. The Balaban J connectivity index is 1.49. The van der Waals surface area contributed by atoms with E-state index < -0.39 is 5.78 Å². The number of aromatic amines is 1. The van der Waals surface area contributed by atoms with Crippen molar-refractivity contribution in [1.82, 2.24) is 19.7 Å². The maximum atomic E-state index is 13.6. The van der Waals surface area contributed by atoms with E-state index in [0.29, 0.717) is 33.8 Å². The number of hydrogen-bond acceptors (Lipinski definition) is 7. The summed E-state index contributed by atoms with van der Waals surface area (Å²) in [6, 6.07) is 12.4. The lowest BCUT2D eigenvalue weighted by atomic mass is 10.0. The lowest BCUT2D eigenvalue weighted by Gasteiger charge is -2.14. The summed E-state index contributed by atoms with van der Waals surface area (Å²) < 4.78 is 12.3. The van der Waals surface area contributed by atoms with Gasteiger partial charge in [-0.25, -0.2) is 4.98 Å². The molecule has 2 aromatic carbocycles. The summed E-state index contributed by atoms with van der Waals surface area (Å²) in [7, 11) is 4.71. The Morgan fingerprint density at radius 1 is 1.02 bits per heavy atom. The Labute approximate surface area is 244 Å². The van der Waals surface area contributed by atoms with Crippen LogP contribution in [0.5, 0.6) is 11.5 Å². The van der Waals surface area contributed by atoms with E-state index in [4.69, 9.17) is 32.7 Å². The number of ether oxygens (including phenoxy) is 2. The molecule has 0 aliphatic carbocycles. The average molecular weight is 591 g/mol. The molecule has 0 fully saturated rings. The van der Waals surface area contributed by atoms with Gasteiger partial charge in [0.1, 0.15) is 23.0 Å². The first-order valence-corrected chi connectivity index (χ1v) is 13.0. The topological polar surface area (TPSA) is 123 Å². The van der Waals surface area contributed by atoms with E-state index in [2.05, 4.69) is 32.3 Å². The van der Waals surface area contributed by atoms with Crippen LogP contribution in [0, 0.1) is 0 Å². The number of benzene rings is 2. The number of nitrogens with zero attached hydrogens (tertiary/aromatic N) is 3. The molecule has 0 aliphatic heterocycles. The van der Waals surface area contributed by atoms with E-state index in [1.54, 1.807) is 23.0 Å². The van der Waals surface area contributed by atoms with Gasteiger partial charge in [-0.2, -0.15) is 5.10 Å². The summed E-state index contributed by atoms with van der Waals surface area (Å²) in [4.78, 5) is 33.4. The Morgan fingerprint density at radius 2 is 1.76 bits per heavy atom. The number of aryl methyl sites for hydroxylation is 1. The molecular formula is C29H24Cl2N6O4. The summed E-state index contributed by atoms with van der Waals surface area (Å²) in [6.45, 7) is 3.53. The molecule has 0 saturated heterocycles. The fourth-order valence-electron chi connectivity index (χ4n) is 4.29. The number of hydrogen-bond donors (Lipinski definition) is 3. The van der Waals surface area contributed by atoms with Crippen molar-refractivity contribution in [2.75, 3.05) is 24.9 Å². The van der Waals surface area contributed by atoms with Gasteiger partial charge in [0, 0.05) is 42.0 Å². The molecule has 0 radical (unpaired) electrons. The number of carbonyl (C=O) groups excluding carboxylic acids is 2. The van der Waals surface area contributed by atoms with E-state index >= 15 is 0 Å². The van der Waals surface area contributed by atoms with Gasteiger partial charge in [0.25, 0.3) is 0 Å². The van der Waals surface area contributed by atoms with Gasteiger partial charge >= 0.3 is 0 Å². The molecule has 0 spiro atoms. The number of ketones is 1. The second-order valence-electron chi connectivity index (χ2n) is 8.86. The summed E-state index contributed by atoms with van der Waals surface area (Å²) >= 11 is 12.9. The minimum atomic E-state index is -0.425. The highest BCUT2D eigenvalue weighted by molar-refractivity contribution is 6.43. The van der Waals surface area contributed by atoms with Crippen LogP contribution in [0.3, 0.4) is 0 Å². The molecule has 3 aromatic heterocycles. The van der Waals surface area contributed by atoms with Gasteiger partial charge in [-0.3, -0.25) is 14.3 Å². The van der Waals surface area contributed by atoms with Crippen molar-refractivity contribution < 1.29 is 19.1 Å². The number of carbonyl (C=O) groups is 2. The van der Waals surface area contributed by atoms with Crippen molar-refractivity contribution in [3.8, 4) is 22.8 Å². The molecule has 5 aromatic rings. The molecule has 208 valence electrons. The predicted octanol–water partition coefficient (Wildman–Crippen LogP) is 6.39. The Hall–Kier alpha value is -4.80. The van der Waals surface area contributed by atoms with Gasteiger partial charge < -0.3 is 25.1 Å². The van der Waals surface area contributed by atoms with Gasteiger partial charge in [0.15, 0.2) is 5.78 Å². The third-order valence-electron chi connectivity index (χ3n) is 6.32. The highest BCUT2D eigenvalue weighted by atomic mass is 35.5. The third kappa shape index (κ3) is 5.34. The summed E-state index contributed by atoms with van der Waals surface area (Å²) in [5.41, 5.74) is 3.50. The van der Waals surface area contributed by atoms with Crippen molar-refractivity contribution in [3.05, 3.63) is 88.7 Å². The van der Waals surface area contributed by atoms with Crippen molar-refractivity contribution in [2.24, 2.45) is 7.05 Å². The summed E-state index contributed by atoms with van der Waals surface area (Å²) in [6.07, 6.45) is 4.57. The molecule has 0 aliphatic rings. The molecule has 1 amide bonds. The molecule has 41 heavy (non-hydrogen) atoms. The summed E-state index contributed by atoms with van der Waals surface area (Å²) in [5, 5.41) is 11.2. The van der Waals surface area contributed by atoms with Crippen LogP contribution >= 0.6 is 23.2 Å². The van der Waals surface area contributed by atoms with E-state index in [1.807, 2.05) is 37.5 Å². The van der Waals surface area contributed by atoms with Crippen molar-refractivity contribution in [2.45, 2.75) is 0 Å². The fourth-order valence-corrected chi connectivity index (χ4v) is 4.96. The molecule has 0 atom stereocenters. The Kier molecular flexibility index (Phi) is 7.69. The number of fused-ring (bicyclic) bond motifs is 1. The number of H-pyrrole nitrogens is 1. The molecule has 10 nitrogen and oxygen atoms in total. The largest absolute Gasteiger partial charge is 0.495 e. The standard InChI is InChI=1S/C29H24Cl2N6O4/c1-5-24(38)34-20-12-15(18-10-11-37(2)36-18)6-8-19(20)33-23-9-7-16-17(14-32-29(16)35-23)28(39)25-26(30)21(40-3)13-22(41-4)27(25)31/h5-14H,1H2,2-4H3,(H,34,38)(H2,32,33,35). The number of pyridine rings is 1. The Bertz CT molecular complexity index is 1800. The normalized spacial score (nSPS) is 10.9. The van der Waals surface area contributed by atoms with E-state index in [0.717, 1.165) is 11.3 Å². The van der Waals surface area contributed by atoms with Crippen LogP contribution in [-0.4, -0.2) is 45.7 Å². The second kappa shape index (κ2) is 11.4. The smallest absolute Gasteiger partial charge is 0.247 e. The van der Waals surface area contributed by atoms with Crippen molar-refractivity contribution in [3.63, 3.8) is 0 Å². The number of methoxy groups -OCH3 is 2. The van der Waals surface area contributed by atoms with Crippen LogP contribution in [0.25, 0.3) is 22.3 Å². The fraction of sp³-hybridized carbons (Fsp3) is 0.103. The first-order chi connectivity index (χ1) is 19.7. The van der Waals surface area contributed by atoms with Gasteiger partial charge in [-0.15, -0.1) is 0 Å². The summed E-state index contributed by atoms with van der Waals surface area (Å²) in [5.74, 6) is 0.194. The molecule has 0 unspecified atom stereocenters. The van der Waals surface area contributed by atoms with Crippen LogP contribution in [0.1, 0.15) is 15.9 Å². The number of rotatable bonds is 9. The SMILES string of the molecule is C=CC(=O)Nc1cc(-c2ccn(C)n2)ccc1Nc1ccc2c(C(=O)c3c(Cl)c(OC)cc(OC)c3Cl)c[nH]c2n1. The number of halogens is 2. The lowest BCUT2D eigenvalue weighted by Crippen LogP contribution is -2.09. The quantitative estimate of drug-likeness (QED) is 0.134. The van der Waals surface area contributed by atoms with Crippen LogP contribution in [-0.2, 0) is 11.8 Å². The number of aromatic nitrogens is 4. The zero-order valence-electron chi connectivity index (χ0n) is 22.2. The lowest BCUT2D eigenvalue weighted by molar-refractivity contribution is -0.111. The van der Waals surface area contributed by atoms with E-state index in [9.17, 15) is 9.59 Å². The first-order valence-electron chi connectivity index (χ1n) is 12.2. The molecule has 5 rings (SSSR count). The maximum absolute atomic E-state index is 13.6. The average Bonchev–Trinajstić information content (AvgIpc) is 3.60. The monoisotopic (exact) mass is 590 g/mol. The predicted molar refractivity (Wildman–Crippen MR) is 160 cm³/mol. The zero-order chi connectivity index (χ0) is 29.3. The van der Waals surface area contributed by atoms with Crippen molar-refractivity contribution in [1.29, 1.82) is 0 Å². The minimum Gasteiger partial charge on any atom is -0.495 e. The molecule has 0 bridgehead atoms. The highest BCUT2D eigenvalue weighted by Gasteiger charge is 2.26. The number of anilines is 3. The molecule has 12 heteroatoms. The van der Waals surface area contributed by atoms with Crippen LogP contribution in [0.15, 0.2) is 67.5 Å². The zero-order valence-corrected chi connectivity index (χ0v) is 23.7. The maximum Gasteiger partial charge on any atom is 0.247 e. The van der Waals surface area contributed by atoms with E-state index in [-0.39, 0.29) is 33.0 Å². The van der Waals surface area contributed by atoms with E-state index in [1.165, 1.54) is 26.4 Å². The van der Waals surface area contributed by atoms with Crippen LogP contribution in [0.2, 0.25) is 10.0 Å². The van der Waals surface area contributed by atoms with Crippen molar-refractivity contribution >= 4 is 63.1 Å². The van der Waals surface area contributed by atoms with Gasteiger partial charge in [0.05, 0.1) is 46.9 Å². The third-order valence-corrected chi connectivity index (χ3v) is 7.07. The van der Waals surface area contributed by atoms with Crippen LogP contribution in [0.4, 0.5) is 17.2 Å². The van der Waals surface area contributed by atoms with Crippen LogP contribution < -0.4 is 20.1 Å². The Morgan fingerprint density at radius 3 is 2.39 bits per heavy atom. The molecule has 3 N–H and O–H groups in total. The number of amides is 1. The first kappa shape index (κ1) is 27.8. The second-order valence-corrected chi connectivity index (χ2v) is 9.62. The molecular weight excluding hydrogens is 567 g/mol. The molecule has 0 saturated carbocycles. The highest BCUT2D eigenvalue weighted by Crippen LogP contribution is 2.42. The van der Waals surface area contributed by atoms with Gasteiger partial charge in [-0.1, -0.05) is 35.8 Å².